The molecule has 0 spiro atoms. The van der Waals surface area contributed by atoms with Gasteiger partial charge in [0.1, 0.15) is 0 Å². The van der Waals surface area contributed by atoms with Crippen LogP contribution in [0.5, 0.6) is 0 Å². The lowest BCUT2D eigenvalue weighted by molar-refractivity contribution is -0.135. The highest BCUT2D eigenvalue weighted by molar-refractivity contribution is 5.82. The Kier molecular flexibility index (Phi) is 3.48. The van der Waals surface area contributed by atoms with Crippen LogP contribution in [0.4, 0.5) is 0 Å². The average molecular weight is 238 g/mol. The highest BCUT2D eigenvalue weighted by Gasteiger charge is 2.36. The van der Waals surface area contributed by atoms with Gasteiger partial charge in [0.05, 0.1) is 6.04 Å². The van der Waals surface area contributed by atoms with Crippen molar-refractivity contribution in [3.05, 3.63) is 0 Å². The van der Waals surface area contributed by atoms with Crippen molar-refractivity contribution in [2.45, 2.75) is 52.5 Å². The summed E-state index contributed by atoms with van der Waals surface area (Å²) < 4.78 is 0. The van der Waals surface area contributed by atoms with Crippen LogP contribution in [0, 0.1) is 17.3 Å². The number of nitrogens with two attached hydrogens (primary N) is 1. The zero-order chi connectivity index (χ0) is 12.6. The van der Waals surface area contributed by atoms with Gasteiger partial charge in [0.2, 0.25) is 5.91 Å². The maximum Gasteiger partial charge on any atom is 0.240 e. The van der Waals surface area contributed by atoms with Gasteiger partial charge in [-0.15, -0.1) is 0 Å². The van der Waals surface area contributed by atoms with E-state index in [1.165, 1.54) is 25.7 Å². The zero-order valence-corrected chi connectivity index (χ0v) is 11.4. The quantitative estimate of drug-likeness (QED) is 0.796. The molecule has 2 aliphatic carbocycles. The van der Waals surface area contributed by atoms with Crippen molar-refractivity contribution in [1.29, 1.82) is 0 Å². The van der Waals surface area contributed by atoms with Crippen molar-refractivity contribution in [3.8, 4) is 0 Å². The fraction of sp³-hybridized carbons (Fsp3) is 0.929. The molecule has 0 aliphatic heterocycles. The van der Waals surface area contributed by atoms with E-state index in [-0.39, 0.29) is 17.4 Å². The standard InChI is InChI=1S/C14H26N2O/c1-14(2,3)12(15)13(17)16(8-10-4-5-10)9-11-6-7-11/h10-12H,4-9,15H2,1-3H3. The molecule has 1 amide bonds. The molecular formula is C14H26N2O. The SMILES string of the molecule is CC(C)(C)C(N)C(=O)N(CC1CC1)CC1CC1. The van der Waals surface area contributed by atoms with E-state index >= 15 is 0 Å². The van der Waals surface area contributed by atoms with Gasteiger partial charge in [-0.1, -0.05) is 20.8 Å². The Bertz CT molecular complexity index is 273. The molecule has 0 aromatic rings. The van der Waals surface area contributed by atoms with Crippen LogP contribution in [0.3, 0.4) is 0 Å². The molecule has 2 aliphatic rings. The summed E-state index contributed by atoms with van der Waals surface area (Å²) in [6.07, 6.45) is 5.16. The van der Waals surface area contributed by atoms with Gasteiger partial charge in [0.15, 0.2) is 0 Å². The molecule has 0 saturated heterocycles. The van der Waals surface area contributed by atoms with Crippen LogP contribution < -0.4 is 5.73 Å². The maximum atomic E-state index is 12.4. The smallest absolute Gasteiger partial charge is 0.240 e. The second-order valence-corrected chi connectivity index (χ2v) is 6.97. The molecule has 3 nitrogen and oxygen atoms in total. The van der Waals surface area contributed by atoms with Crippen molar-refractivity contribution in [1.82, 2.24) is 4.90 Å². The van der Waals surface area contributed by atoms with Gasteiger partial charge in [-0.3, -0.25) is 4.79 Å². The molecule has 1 unspecified atom stereocenters. The fourth-order valence-corrected chi connectivity index (χ4v) is 2.05. The highest BCUT2D eigenvalue weighted by Crippen LogP contribution is 2.34. The van der Waals surface area contributed by atoms with Gasteiger partial charge >= 0.3 is 0 Å². The Hall–Kier alpha value is -0.570. The first-order valence-electron chi connectivity index (χ1n) is 6.92. The molecule has 3 heteroatoms. The van der Waals surface area contributed by atoms with E-state index in [9.17, 15) is 4.79 Å². The van der Waals surface area contributed by atoms with E-state index in [0.717, 1.165) is 24.9 Å². The monoisotopic (exact) mass is 238 g/mol. The van der Waals surface area contributed by atoms with E-state index in [1.54, 1.807) is 0 Å². The molecular weight excluding hydrogens is 212 g/mol. The molecule has 0 aromatic carbocycles. The first-order chi connectivity index (χ1) is 7.88. The van der Waals surface area contributed by atoms with Crippen LogP contribution >= 0.6 is 0 Å². The molecule has 0 radical (unpaired) electrons. The van der Waals surface area contributed by atoms with E-state index in [4.69, 9.17) is 5.73 Å². The molecule has 98 valence electrons. The highest BCUT2D eigenvalue weighted by atomic mass is 16.2. The lowest BCUT2D eigenvalue weighted by atomic mass is 9.86. The normalized spacial score (nSPS) is 22.4. The minimum Gasteiger partial charge on any atom is -0.341 e. The van der Waals surface area contributed by atoms with Gasteiger partial charge in [-0.05, 0) is 42.9 Å². The maximum absolute atomic E-state index is 12.4. The van der Waals surface area contributed by atoms with Crippen molar-refractivity contribution in [3.63, 3.8) is 0 Å². The van der Waals surface area contributed by atoms with E-state index in [0.29, 0.717) is 0 Å². The third kappa shape index (κ3) is 3.70. The van der Waals surface area contributed by atoms with Crippen LogP contribution in [0.15, 0.2) is 0 Å². The Balaban J connectivity index is 1.94. The number of hydrogen-bond acceptors (Lipinski definition) is 2. The summed E-state index contributed by atoms with van der Waals surface area (Å²) in [5.41, 5.74) is 5.96. The van der Waals surface area contributed by atoms with Crippen LogP contribution in [-0.4, -0.2) is 29.9 Å². The summed E-state index contributed by atoms with van der Waals surface area (Å²) in [5.74, 6) is 1.67. The molecule has 0 heterocycles. The second kappa shape index (κ2) is 4.60. The molecule has 2 N–H and O–H groups in total. The average Bonchev–Trinajstić information content (AvgIpc) is 3.06. The lowest BCUT2D eigenvalue weighted by Crippen LogP contribution is -2.51. The zero-order valence-electron chi connectivity index (χ0n) is 11.4. The lowest BCUT2D eigenvalue weighted by Gasteiger charge is -2.32. The number of carbonyl (C=O) groups excluding carboxylic acids is 1. The fourth-order valence-electron chi connectivity index (χ4n) is 2.05. The molecule has 0 bridgehead atoms. The first-order valence-corrected chi connectivity index (χ1v) is 6.92. The minimum atomic E-state index is -0.361. The number of nitrogens with zero attached hydrogens (tertiary/aromatic N) is 1. The van der Waals surface area contributed by atoms with Crippen molar-refractivity contribution >= 4 is 5.91 Å². The number of carbonyl (C=O) groups is 1. The third-order valence-electron chi connectivity index (χ3n) is 3.86. The van der Waals surface area contributed by atoms with Gasteiger partial charge < -0.3 is 10.6 Å². The number of hydrogen-bond donors (Lipinski definition) is 1. The van der Waals surface area contributed by atoms with Crippen molar-refractivity contribution < 1.29 is 4.79 Å². The predicted octanol–water partition coefficient (Wildman–Crippen LogP) is 2.01. The Labute approximate surface area is 105 Å². The number of rotatable bonds is 5. The largest absolute Gasteiger partial charge is 0.341 e. The summed E-state index contributed by atoms with van der Waals surface area (Å²) in [6, 6.07) is -0.361. The summed E-state index contributed by atoms with van der Waals surface area (Å²) in [6.45, 7) is 8.02. The molecule has 1 atom stereocenters. The van der Waals surface area contributed by atoms with E-state index < -0.39 is 0 Å². The Morgan fingerprint density at radius 2 is 1.59 bits per heavy atom. The van der Waals surface area contributed by atoms with Gasteiger partial charge in [-0.2, -0.15) is 0 Å². The van der Waals surface area contributed by atoms with E-state index in [1.807, 2.05) is 25.7 Å². The molecule has 2 saturated carbocycles. The van der Waals surface area contributed by atoms with Crippen molar-refractivity contribution in [2.24, 2.45) is 23.0 Å². The van der Waals surface area contributed by atoms with Crippen LogP contribution in [0.25, 0.3) is 0 Å². The van der Waals surface area contributed by atoms with Crippen LogP contribution in [0.1, 0.15) is 46.5 Å². The summed E-state index contributed by atoms with van der Waals surface area (Å²) in [5, 5.41) is 0. The first kappa shape index (κ1) is 12.9. The molecule has 17 heavy (non-hydrogen) atoms. The van der Waals surface area contributed by atoms with Crippen molar-refractivity contribution in [2.75, 3.05) is 13.1 Å². The van der Waals surface area contributed by atoms with Gasteiger partial charge in [0, 0.05) is 13.1 Å². The van der Waals surface area contributed by atoms with Crippen LogP contribution in [0.2, 0.25) is 0 Å². The Morgan fingerprint density at radius 3 is 1.88 bits per heavy atom. The molecule has 2 fully saturated rings. The van der Waals surface area contributed by atoms with Gasteiger partial charge in [-0.25, -0.2) is 0 Å². The number of amides is 1. The Morgan fingerprint density at radius 1 is 1.18 bits per heavy atom. The predicted molar refractivity (Wildman–Crippen MR) is 69.5 cm³/mol. The van der Waals surface area contributed by atoms with E-state index in [2.05, 4.69) is 0 Å². The second-order valence-electron chi connectivity index (χ2n) is 6.97. The summed E-state index contributed by atoms with van der Waals surface area (Å²) in [7, 11) is 0. The topological polar surface area (TPSA) is 46.3 Å². The third-order valence-corrected chi connectivity index (χ3v) is 3.86. The summed E-state index contributed by atoms with van der Waals surface area (Å²) in [4.78, 5) is 14.5. The van der Waals surface area contributed by atoms with Gasteiger partial charge in [0.25, 0.3) is 0 Å². The minimum absolute atomic E-state index is 0.136. The summed E-state index contributed by atoms with van der Waals surface area (Å²) >= 11 is 0. The molecule has 0 aromatic heterocycles. The molecule has 2 rings (SSSR count). The van der Waals surface area contributed by atoms with Crippen LogP contribution in [-0.2, 0) is 4.79 Å².